The summed E-state index contributed by atoms with van der Waals surface area (Å²) in [6, 6.07) is 0. The Morgan fingerprint density at radius 2 is 2.08 bits per heavy atom. The van der Waals surface area contributed by atoms with Crippen molar-refractivity contribution in [3.8, 4) is 0 Å². The van der Waals surface area contributed by atoms with Crippen LogP contribution in [-0.2, 0) is 14.3 Å². The van der Waals surface area contributed by atoms with E-state index in [1.165, 1.54) is 13.0 Å². The molecule has 0 fully saturated rings. The molecule has 0 rings (SSSR count). The Kier molecular flexibility index (Phi) is 4.42. The van der Waals surface area contributed by atoms with Crippen molar-refractivity contribution in [2.45, 2.75) is 13.8 Å². The number of carbonyl (C=O) groups excluding carboxylic acids is 2. The van der Waals surface area contributed by atoms with E-state index < -0.39 is 11.8 Å². The van der Waals surface area contributed by atoms with Crippen LogP contribution in [0.2, 0.25) is 0 Å². The average Bonchev–Trinajstić information content (AvgIpc) is 2.01. The Labute approximate surface area is 71.0 Å². The van der Waals surface area contributed by atoms with Crippen LogP contribution in [0.15, 0.2) is 30.2 Å². The van der Waals surface area contributed by atoms with Gasteiger partial charge >= 0.3 is 5.97 Å². The van der Waals surface area contributed by atoms with Crippen LogP contribution in [0, 0.1) is 0 Å². The maximum Gasteiger partial charge on any atom is 0.308 e. The van der Waals surface area contributed by atoms with Crippen molar-refractivity contribution in [3.63, 3.8) is 0 Å². The summed E-state index contributed by atoms with van der Waals surface area (Å²) in [4.78, 5) is 21.4. The Balaban J connectivity index is 4.69. The molecule has 0 saturated carbocycles. The molecule has 0 amide bonds. The zero-order chi connectivity index (χ0) is 9.56. The van der Waals surface area contributed by atoms with Gasteiger partial charge in [-0.25, -0.2) is 0 Å². The number of carbonyl (C=O) groups is 2. The van der Waals surface area contributed by atoms with E-state index in [0.717, 1.165) is 6.08 Å². The molecule has 12 heavy (non-hydrogen) atoms. The molecule has 0 aliphatic carbocycles. The molecule has 0 radical (unpaired) electrons. The van der Waals surface area contributed by atoms with Crippen molar-refractivity contribution in [1.82, 2.24) is 0 Å². The van der Waals surface area contributed by atoms with Gasteiger partial charge in [0.25, 0.3) is 0 Å². The monoisotopic (exact) mass is 166 g/mol. The van der Waals surface area contributed by atoms with Crippen molar-refractivity contribution in [3.05, 3.63) is 30.2 Å². The third-order valence-electron chi connectivity index (χ3n) is 0.930. The van der Waals surface area contributed by atoms with Crippen molar-refractivity contribution in [2.75, 3.05) is 0 Å². The van der Waals surface area contributed by atoms with E-state index in [4.69, 9.17) is 0 Å². The minimum atomic E-state index is -0.547. The van der Waals surface area contributed by atoms with Crippen LogP contribution in [-0.4, -0.2) is 11.8 Å². The molecule has 64 valence electrons. The largest absolute Gasteiger partial charge is 0.414 e. The van der Waals surface area contributed by atoms with E-state index >= 15 is 0 Å². The highest BCUT2D eigenvalue weighted by Gasteiger charge is 2.07. The zero-order valence-corrected chi connectivity index (χ0v) is 7.09. The topological polar surface area (TPSA) is 43.4 Å². The normalized spacial score (nSPS) is 7.83. The fraction of sp³-hybridized carbons (Fsp3) is 0.222. The first kappa shape index (κ1) is 10.4. The third-order valence-corrected chi connectivity index (χ3v) is 0.930. The van der Waals surface area contributed by atoms with Crippen molar-refractivity contribution >= 4 is 11.8 Å². The molecule has 0 aliphatic heterocycles. The number of hydrogen-bond donors (Lipinski definition) is 0. The lowest BCUT2D eigenvalue weighted by Gasteiger charge is -1.98. The maximum absolute atomic E-state index is 10.9. The van der Waals surface area contributed by atoms with Gasteiger partial charge in [0.15, 0.2) is 0 Å². The number of esters is 1. The summed E-state index contributed by atoms with van der Waals surface area (Å²) < 4.78 is 4.56. The van der Waals surface area contributed by atoms with E-state index in [9.17, 15) is 9.59 Å². The van der Waals surface area contributed by atoms with Gasteiger partial charge < -0.3 is 4.74 Å². The molecule has 0 atom stereocenters. The average molecular weight is 166 g/mol. The van der Waals surface area contributed by atoms with Gasteiger partial charge in [0.2, 0.25) is 11.5 Å². The van der Waals surface area contributed by atoms with Crippen LogP contribution < -0.4 is 0 Å². The standard InChI is InChI=1S/C9H10O3/c1-4-6-9(8(11)5-2)12-7(3)10/h4-5H,2H2,1,3H3. The molecule has 0 spiro atoms. The summed E-state index contributed by atoms with van der Waals surface area (Å²) in [7, 11) is 0. The fourth-order valence-electron chi connectivity index (χ4n) is 0.518. The SMILES string of the molecule is C=CC(=O)C(=C=CC)OC(C)=O. The maximum atomic E-state index is 10.9. The Morgan fingerprint density at radius 3 is 2.42 bits per heavy atom. The smallest absolute Gasteiger partial charge is 0.308 e. The molecule has 0 unspecified atom stereocenters. The van der Waals surface area contributed by atoms with Gasteiger partial charge in [0.1, 0.15) is 0 Å². The zero-order valence-electron chi connectivity index (χ0n) is 7.09. The van der Waals surface area contributed by atoms with E-state index in [2.05, 4.69) is 17.0 Å². The number of ketones is 1. The van der Waals surface area contributed by atoms with Gasteiger partial charge in [-0.3, -0.25) is 9.59 Å². The molecule has 0 aromatic rings. The number of allylic oxidation sites excluding steroid dienone is 1. The minimum absolute atomic E-state index is 0.125. The third kappa shape index (κ3) is 3.54. The number of hydrogen-bond acceptors (Lipinski definition) is 3. The summed E-state index contributed by atoms with van der Waals surface area (Å²) in [6.07, 6.45) is 2.55. The van der Waals surface area contributed by atoms with Crippen LogP contribution in [0.5, 0.6) is 0 Å². The second kappa shape index (κ2) is 5.10. The number of rotatable bonds is 3. The molecular formula is C9H10O3. The minimum Gasteiger partial charge on any atom is -0.414 e. The highest BCUT2D eigenvalue weighted by Crippen LogP contribution is 1.98. The molecule has 0 bridgehead atoms. The van der Waals surface area contributed by atoms with Gasteiger partial charge in [-0.2, -0.15) is 0 Å². The Morgan fingerprint density at radius 1 is 1.50 bits per heavy atom. The lowest BCUT2D eigenvalue weighted by molar-refractivity contribution is -0.139. The van der Waals surface area contributed by atoms with Crippen molar-refractivity contribution in [2.24, 2.45) is 0 Å². The lowest BCUT2D eigenvalue weighted by atomic mass is 10.3. The quantitative estimate of drug-likeness (QED) is 0.275. The molecule has 0 N–H and O–H groups in total. The molecule has 0 heterocycles. The molecule has 3 heteroatoms. The highest BCUT2D eigenvalue weighted by atomic mass is 16.5. The Hall–Kier alpha value is -1.60. The molecule has 0 aliphatic rings. The van der Waals surface area contributed by atoms with Gasteiger partial charge in [-0.1, -0.05) is 12.3 Å². The highest BCUT2D eigenvalue weighted by molar-refractivity contribution is 6.03. The molecule has 0 aromatic carbocycles. The number of ether oxygens (including phenoxy) is 1. The van der Waals surface area contributed by atoms with Gasteiger partial charge in [0.05, 0.1) is 0 Å². The first-order valence-corrected chi connectivity index (χ1v) is 3.38. The molecule has 0 saturated heterocycles. The summed E-state index contributed by atoms with van der Waals surface area (Å²) in [5.41, 5.74) is 2.49. The summed E-state index contributed by atoms with van der Waals surface area (Å²) in [6.45, 7) is 6.14. The van der Waals surface area contributed by atoms with E-state index in [0.29, 0.717) is 0 Å². The predicted octanol–water partition coefficient (Wildman–Crippen LogP) is 1.36. The first-order valence-electron chi connectivity index (χ1n) is 3.38. The Bertz CT molecular complexity index is 267. The molecular weight excluding hydrogens is 156 g/mol. The van der Waals surface area contributed by atoms with E-state index in [1.54, 1.807) is 6.92 Å². The summed E-state index contributed by atoms with van der Waals surface area (Å²) >= 11 is 0. The van der Waals surface area contributed by atoms with Crippen molar-refractivity contribution in [1.29, 1.82) is 0 Å². The van der Waals surface area contributed by atoms with Crippen LogP contribution in [0.1, 0.15) is 13.8 Å². The lowest BCUT2D eigenvalue weighted by Crippen LogP contribution is -2.05. The van der Waals surface area contributed by atoms with E-state index in [-0.39, 0.29) is 5.76 Å². The van der Waals surface area contributed by atoms with Crippen LogP contribution in [0.3, 0.4) is 0 Å². The first-order chi connectivity index (χ1) is 5.61. The fourth-order valence-corrected chi connectivity index (χ4v) is 0.518. The second-order valence-electron chi connectivity index (χ2n) is 1.92. The predicted molar refractivity (Wildman–Crippen MR) is 44.2 cm³/mol. The molecule has 0 aromatic heterocycles. The van der Waals surface area contributed by atoms with E-state index in [1.807, 2.05) is 0 Å². The second-order valence-corrected chi connectivity index (χ2v) is 1.92. The summed E-state index contributed by atoms with van der Waals surface area (Å²) in [5.74, 6) is -1.13. The molecule has 3 nitrogen and oxygen atoms in total. The van der Waals surface area contributed by atoms with Crippen LogP contribution in [0.25, 0.3) is 0 Å². The van der Waals surface area contributed by atoms with Crippen LogP contribution >= 0.6 is 0 Å². The van der Waals surface area contributed by atoms with Gasteiger partial charge in [-0.15, -0.1) is 0 Å². The summed E-state index contributed by atoms with van der Waals surface area (Å²) in [5, 5.41) is 0. The van der Waals surface area contributed by atoms with Gasteiger partial charge in [-0.05, 0) is 19.1 Å². The van der Waals surface area contributed by atoms with Crippen molar-refractivity contribution < 1.29 is 14.3 Å². The van der Waals surface area contributed by atoms with Gasteiger partial charge in [0, 0.05) is 6.92 Å². The van der Waals surface area contributed by atoms with Crippen LogP contribution in [0.4, 0.5) is 0 Å².